The molecule has 17 heavy (non-hydrogen) atoms. The molecular formula is C8H15N3O6. The lowest BCUT2D eigenvalue weighted by Crippen LogP contribution is -2.59. The topological polar surface area (TPSA) is 148 Å². The van der Waals surface area contributed by atoms with Crippen molar-refractivity contribution in [3.63, 3.8) is 0 Å². The van der Waals surface area contributed by atoms with Gasteiger partial charge in [-0.3, -0.25) is 0 Å². The molecule has 0 bridgehead atoms. The maximum Gasteiger partial charge on any atom is 0.186 e. The number of hydrogen-bond acceptors (Lipinski definition) is 7. The standard InChI is InChI=1S/C8H15N3O6/c9-11-10-1-2-16-8-7(15)6(14)5(13)4(3-12)17-8/h4-8,12-15H,1-3H2/t4-,5+,6-,7-,8+/m0/s1. The zero-order valence-electron chi connectivity index (χ0n) is 8.96. The molecule has 0 aromatic rings. The maximum absolute atomic E-state index is 9.53. The van der Waals surface area contributed by atoms with Gasteiger partial charge in [-0.1, -0.05) is 5.11 Å². The Morgan fingerprint density at radius 2 is 1.94 bits per heavy atom. The number of hydrogen-bond donors (Lipinski definition) is 4. The van der Waals surface area contributed by atoms with E-state index >= 15 is 0 Å². The fourth-order valence-corrected chi connectivity index (χ4v) is 1.46. The van der Waals surface area contributed by atoms with E-state index in [9.17, 15) is 15.3 Å². The van der Waals surface area contributed by atoms with E-state index in [4.69, 9.17) is 20.1 Å². The highest BCUT2D eigenvalue weighted by Gasteiger charge is 2.43. The molecule has 1 aliphatic heterocycles. The van der Waals surface area contributed by atoms with Crippen molar-refractivity contribution in [1.82, 2.24) is 0 Å². The maximum atomic E-state index is 9.53. The molecule has 0 unspecified atom stereocenters. The van der Waals surface area contributed by atoms with Gasteiger partial charge in [0, 0.05) is 11.5 Å². The highest BCUT2D eigenvalue weighted by atomic mass is 16.7. The Labute approximate surface area is 96.8 Å². The summed E-state index contributed by atoms with van der Waals surface area (Å²) in [5.41, 5.74) is 8.03. The molecule has 9 heteroatoms. The van der Waals surface area contributed by atoms with Gasteiger partial charge in [0.25, 0.3) is 0 Å². The van der Waals surface area contributed by atoms with Crippen molar-refractivity contribution < 1.29 is 29.9 Å². The first kappa shape index (κ1) is 14.1. The molecule has 0 aliphatic carbocycles. The van der Waals surface area contributed by atoms with Crippen molar-refractivity contribution in [2.24, 2.45) is 5.11 Å². The Hall–Kier alpha value is -0.930. The SMILES string of the molecule is [N-]=[N+]=NCCO[C@@H]1O[C@@H](CO)[C@@H](O)[C@H](O)[C@@H]1O. The fraction of sp³-hybridized carbons (Fsp3) is 1.00. The normalized spacial score (nSPS) is 37.5. The highest BCUT2D eigenvalue weighted by molar-refractivity contribution is 4.88. The van der Waals surface area contributed by atoms with Crippen LogP contribution in [0.5, 0.6) is 0 Å². The van der Waals surface area contributed by atoms with Gasteiger partial charge < -0.3 is 29.9 Å². The van der Waals surface area contributed by atoms with E-state index < -0.39 is 37.3 Å². The van der Waals surface area contributed by atoms with Crippen LogP contribution in [-0.4, -0.2) is 70.9 Å². The van der Waals surface area contributed by atoms with E-state index in [1.54, 1.807) is 0 Å². The smallest absolute Gasteiger partial charge is 0.186 e. The Morgan fingerprint density at radius 3 is 2.53 bits per heavy atom. The van der Waals surface area contributed by atoms with Crippen molar-refractivity contribution in [2.45, 2.75) is 30.7 Å². The van der Waals surface area contributed by atoms with Gasteiger partial charge in [0.15, 0.2) is 6.29 Å². The van der Waals surface area contributed by atoms with Gasteiger partial charge >= 0.3 is 0 Å². The Kier molecular flexibility index (Phi) is 5.59. The zero-order valence-corrected chi connectivity index (χ0v) is 8.96. The minimum absolute atomic E-state index is 0.00719. The van der Waals surface area contributed by atoms with Crippen molar-refractivity contribution >= 4 is 0 Å². The predicted octanol–water partition coefficient (Wildman–Crippen LogP) is -1.89. The lowest BCUT2D eigenvalue weighted by Gasteiger charge is -2.39. The molecule has 0 saturated carbocycles. The van der Waals surface area contributed by atoms with E-state index in [2.05, 4.69) is 10.0 Å². The van der Waals surface area contributed by atoms with Crippen LogP contribution in [0.2, 0.25) is 0 Å². The molecule has 0 spiro atoms. The summed E-state index contributed by atoms with van der Waals surface area (Å²) in [5.74, 6) is 0. The van der Waals surface area contributed by atoms with E-state index in [0.29, 0.717) is 0 Å². The first-order chi connectivity index (χ1) is 8.11. The third kappa shape index (κ3) is 3.51. The Morgan fingerprint density at radius 1 is 1.24 bits per heavy atom. The van der Waals surface area contributed by atoms with Crippen molar-refractivity contribution in [2.75, 3.05) is 19.8 Å². The molecule has 98 valence electrons. The number of rotatable bonds is 5. The first-order valence-corrected chi connectivity index (χ1v) is 5.04. The largest absolute Gasteiger partial charge is 0.394 e. The molecule has 1 saturated heterocycles. The van der Waals surface area contributed by atoms with Gasteiger partial charge in [0.05, 0.1) is 13.2 Å². The first-order valence-electron chi connectivity index (χ1n) is 5.04. The number of aliphatic hydroxyl groups is 4. The van der Waals surface area contributed by atoms with E-state index in [0.717, 1.165) is 0 Å². The van der Waals surface area contributed by atoms with Gasteiger partial charge in [-0.05, 0) is 5.53 Å². The second-order valence-electron chi connectivity index (χ2n) is 3.52. The van der Waals surface area contributed by atoms with Gasteiger partial charge in [0.1, 0.15) is 24.4 Å². The van der Waals surface area contributed by atoms with E-state index in [1.165, 1.54) is 0 Å². The molecular weight excluding hydrogens is 234 g/mol. The second kappa shape index (κ2) is 6.72. The number of azide groups is 1. The van der Waals surface area contributed by atoms with Crippen molar-refractivity contribution in [1.29, 1.82) is 0 Å². The van der Waals surface area contributed by atoms with Gasteiger partial charge in [-0.15, -0.1) is 0 Å². The Balaban J connectivity index is 2.50. The molecule has 1 heterocycles. The van der Waals surface area contributed by atoms with Crippen LogP contribution in [0.1, 0.15) is 0 Å². The summed E-state index contributed by atoms with van der Waals surface area (Å²) >= 11 is 0. The minimum atomic E-state index is -1.47. The van der Waals surface area contributed by atoms with Gasteiger partial charge in [0.2, 0.25) is 0 Å². The molecule has 0 radical (unpaired) electrons. The summed E-state index contributed by atoms with van der Waals surface area (Å²) in [5, 5.41) is 40.5. The van der Waals surface area contributed by atoms with E-state index in [-0.39, 0.29) is 13.2 Å². The van der Waals surface area contributed by atoms with Crippen LogP contribution in [0.4, 0.5) is 0 Å². The number of nitrogens with zero attached hydrogens (tertiary/aromatic N) is 3. The number of ether oxygens (including phenoxy) is 2. The summed E-state index contributed by atoms with van der Waals surface area (Å²) < 4.78 is 10.1. The van der Waals surface area contributed by atoms with Crippen molar-refractivity contribution in [3.8, 4) is 0 Å². The average Bonchev–Trinajstić information content (AvgIpc) is 2.34. The molecule has 4 N–H and O–H groups in total. The lowest BCUT2D eigenvalue weighted by atomic mass is 9.99. The monoisotopic (exact) mass is 249 g/mol. The van der Waals surface area contributed by atoms with Crippen LogP contribution in [0, 0.1) is 0 Å². The predicted molar refractivity (Wildman–Crippen MR) is 53.7 cm³/mol. The molecule has 1 rings (SSSR count). The third-order valence-corrected chi connectivity index (χ3v) is 2.39. The highest BCUT2D eigenvalue weighted by Crippen LogP contribution is 2.21. The van der Waals surface area contributed by atoms with Crippen LogP contribution in [0.25, 0.3) is 10.4 Å². The van der Waals surface area contributed by atoms with Crippen LogP contribution < -0.4 is 0 Å². The zero-order chi connectivity index (χ0) is 12.8. The fourth-order valence-electron chi connectivity index (χ4n) is 1.46. The average molecular weight is 249 g/mol. The van der Waals surface area contributed by atoms with Gasteiger partial charge in [-0.2, -0.15) is 0 Å². The molecule has 0 aromatic heterocycles. The quantitative estimate of drug-likeness (QED) is 0.194. The van der Waals surface area contributed by atoms with E-state index in [1.807, 2.05) is 0 Å². The molecule has 9 nitrogen and oxygen atoms in total. The van der Waals surface area contributed by atoms with Crippen LogP contribution in [-0.2, 0) is 9.47 Å². The summed E-state index contributed by atoms with van der Waals surface area (Å²) in [6.45, 7) is -0.473. The van der Waals surface area contributed by atoms with Crippen molar-refractivity contribution in [3.05, 3.63) is 10.4 Å². The minimum Gasteiger partial charge on any atom is -0.394 e. The van der Waals surface area contributed by atoms with Gasteiger partial charge in [-0.25, -0.2) is 0 Å². The molecule has 5 atom stereocenters. The summed E-state index contributed by atoms with van der Waals surface area (Å²) in [7, 11) is 0. The number of aliphatic hydroxyl groups excluding tert-OH is 4. The summed E-state index contributed by atoms with van der Waals surface area (Å²) in [4.78, 5) is 2.51. The summed E-state index contributed by atoms with van der Waals surface area (Å²) in [6, 6.07) is 0. The Bertz CT molecular complexity index is 282. The molecule has 0 amide bonds. The lowest BCUT2D eigenvalue weighted by molar-refractivity contribution is -0.300. The second-order valence-corrected chi connectivity index (χ2v) is 3.52. The summed E-state index contributed by atoms with van der Waals surface area (Å²) in [6.07, 6.45) is -6.49. The third-order valence-electron chi connectivity index (χ3n) is 2.39. The molecule has 1 fully saturated rings. The van der Waals surface area contributed by atoms with Crippen LogP contribution in [0.3, 0.4) is 0 Å². The molecule has 1 aliphatic rings. The molecule has 0 aromatic carbocycles. The van der Waals surface area contributed by atoms with Crippen LogP contribution in [0.15, 0.2) is 5.11 Å². The van der Waals surface area contributed by atoms with Crippen LogP contribution >= 0.6 is 0 Å².